The summed E-state index contributed by atoms with van der Waals surface area (Å²) in [5.74, 6) is 0.822. The van der Waals surface area contributed by atoms with Gasteiger partial charge in [0.1, 0.15) is 11.8 Å². The second kappa shape index (κ2) is 8.69. The van der Waals surface area contributed by atoms with E-state index in [0.717, 1.165) is 5.75 Å². The Morgan fingerprint density at radius 1 is 1.08 bits per heavy atom. The number of rotatable bonds is 6. The number of ether oxygens (including phenoxy) is 1. The molecule has 7 heteroatoms. The molecule has 3 amide bonds. The van der Waals surface area contributed by atoms with Crippen molar-refractivity contribution in [1.29, 1.82) is 0 Å². The number of amides is 3. The lowest BCUT2D eigenvalue weighted by Crippen LogP contribution is -2.54. The van der Waals surface area contributed by atoms with Crippen LogP contribution in [0.4, 0.5) is 0 Å². The highest BCUT2D eigenvalue weighted by atomic mass is 16.5. The van der Waals surface area contributed by atoms with Gasteiger partial charge in [-0.2, -0.15) is 0 Å². The highest BCUT2D eigenvalue weighted by molar-refractivity contribution is 5.91. The SMILES string of the molecule is O=C1CCC(C(=O)N2CCN(C(=O)CCCOc3ccccc3)CC2)N1. The summed E-state index contributed by atoms with van der Waals surface area (Å²) in [7, 11) is 0. The fourth-order valence-corrected chi connectivity index (χ4v) is 3.28. The van der Waals surface area contributed by atoms with Crippen molar-refractivity contribution >= 4 is 17.7 Å². The van der Waals surface area contributed by atoms with Crippen molar-refractivity contribution in [3.8, 4) is 5.75 Å². The first-order valence-corrected chi connectivity index (χ1v) is 9.17. The van der Waals surface area contributed by atoms with Gasteiger partial charge in [-0.1, -0.05) is 18.2 Å². The van der Waals surface area contributed by atoms with E-state index in [-0.39, 0.29) is 23.8 Å². The van der Waals surface area contributed by atoms with Gasteiger partial charge in [0.25, 0.3) is 0 Å². The first-order valence-electron chi connectivity index (χ1n) is 9.17. The summed E-state index contributed by atoms with van der Waals surface area (Å²) < 4.78 is 5.60. The smallest absolute Gasteiger partial charge is 0.245 e. The van der Waals surface area contributed by atoms with Crippen molar-refractivity contribution < 1.29 is 19.1 Å². The third kappa shape index (κ3) is 4.74. The number of carbonyl (C=O) groups excluding carboxylic acids is 3. The van der Waals surface area contributed by atoms with Crippen molar-refractivity contribution in [3.63, 3.8) is 0 Å². The van der Waals surface area contributed by atoms with Crippen LogP contribution < -0.4 is 10.1 Å². The van der Waals surface area contributed by atoms with Crippen LogP contribution in [0.3, 0.4) is 0 Å². The van der Waals surface area contributed by atoms with E-state index in [4.69, 9.17) is 4.74 Å². The predicted molar refractivity (Wildman–Crippen MR) is 95.5 cm³/mol. The number of hydrogen-bond acceptors (Lipinski definition) is 4. The average molecular weight is 359 g/mol. The fraction of sp³-hybridized carbons (Fsp3) is 0.526. The van der Waals surface area contributed by atoms with Crippen LogP contribution in [0.25, 0.3) is 0 Å². The summed E-state index contributed by atoms with van der Waals surface area (Å²) in [6.45, 7) is 2.65. The van der Waals surface area contributed by atoms with E-state index in [1.165, 1.54) is 0 Å². The number of nitrogens with one attached hydrogen (secondary N) is 1. The number of nitrogens with zero attached hydrogens (tertiary/aromatic N) is 2. The van der Waals surface area contributed by atoms with E-state index in [9.17, 15) is 14.4 Å². The summed E-state index contributed by atoms with van der Waals surface area (Å²) in [6, 6.07) is 9.16. The van der Waals surface area contributed by atoms with Gasteiger partial charge in [0, 0.05) is 39.0 Å². The standard InChI is InChI=1S/C19H25N3O4/c23-17-9-8-16(20-17)19(25)22-12-10-21(11-13-22)18(24)7-4-14-26-15-5-2-1-3-6-15/h1-3,5-6,16H,4,7-14H2,(H,20,23). The molecule has 1 N–H and O–H groups in total. The minimum absolute atomic E-state index is 0.0285. The molecule has 2 fully saturated rings. The monoisotopic (exact) mass is 359 g/mol. The molecule has 2 heterocycles. The van der Waals surface area contributed by atoms with Gasteiger partial charge in [0.15, 0.2) is 0 Å². The van der Waals surface area contributed by atoms with Gasteiger partial charge in [-0.15, -0.1) is 0 Å². The lowest BCUT2D eigenvalue weighted by atomic mass is 10.1. The zero-order valence-electron chi connectivity index (χ0n) is 14.9. The maximum absolute atomic E-state index is 12.4. The lowest BCUT2D eigenvalue weighted by molar-refractivity contribution is -0.141. The average Bonchev–Trinajstić information content (AvgIpc) is 3.12. The molecule has 2 saturated heterocycles. The van der Waals surface area contributed by atoms with Crippen LogP contribution in [0.15, 0.2) is 30.3 Å². The topological polar surface area (TPSA) is 79.0 Å². The van der Waals surface area contributed by atoms with Gasteiger partial charge >= 0.3 is 0 Å². The Kier molecular flexibility index (Phi) is 6.09. The van der Waals surface area contributed by atoms with Gasteiger partial charge in [0.05, 0.1) is 6.61 Å². The molecule has 0 aliphatic carbocycles. The molecule has 26 heavy (non-hydrogen) atoms. The Labute approximate surface area is 153 Å². The van der Waals surface area contributed by atoms with Crippen LogP contribution in [-0.2, 0) is 14.4 Å². The molecule has 140 valence electrons. The van der Waals surface area contributed by atoms with Crippen molar-refractivity contribution in [1.82, 2.24) is 15.1 Å². The number of benzene rings is 1. The Morgan fingerprint density at radius 2 is 1.77 bits per heavy atom. The molecule has 7 nitrogen and oxygen atoms in total. The van der Waals surface area contributed by atoms with E-state index in [2.05, 4.69) is 5.32 Å². The van der Waals surface area contributed by atoms with Gasteiger partial charge in [-0.25, -0.2) is 0 Å². The molecule has 1 aromatic rings. The summed E-state index contributed by atoms with van der Waals surface area (Å²) in [4.78, 5) is 39.5. The second-order valence-electron chi connectivity index (χ2n) is 6.63. The van der Waals surface area contributed by atoms with Crippen molar-refractivity contribution in [2.45, 2.75) is 31.7 Å². The van der Waals surface area contributed by atoms with E-state index in [1.807, 2.05) is 30.3 Å². The summed E-state index contributed by atoms with van der Waals surface area (Å²) in [5.41, 5.74) is 0. The highest BCUT2D eigenvalue weighted by Gasteiger charge is 2.32. The molecular formula is C19H25N3O4. The third-order valence-electron chi connectivity index (χ3n) is 4.78. The summed E-state index contributed by atoms with van der Waals surface area (Å²) >= 11 is 0. The number of piperazine rings is 1. The maximum Gasteiger partial charge on any atom is 0.245 e. The number of carbonyl (C=O) groups is 3. The van der Waals surface area contributed by atoms with Gasteiger partial charge in [-0.3, -0.25) is 14.4 Å². The predicted octanol–water partition coefficient (Wildman–Crippen LogP) is 0.795. The second-order valence-corrected chi connectivity index (χ2v) is 6.63. The normalized spacial score (nSPS) is 20.0. The largest absolute Gasteiger partial charge is 0.494 e. The van der Waals surface area contributed by atoms with Crippen LogP contribution in [0.5, 0.6) is 5.75 Å². The first-order chi connectivity index (χ1) is 12.6. The van der Waals surface area contributed by atoms with E-state index in [0.29, 0.717) is 58.5 Å². The van der Waals surface area contributed by atoms with E-state index in [1.54, 1.807) is 9.80 Å². The van der Waals surface area contributed by atoms with E-state index >= 15 is 0 Å². The molecule has 1 aromatic carbocycles. The minimum Gasteiger partial charge on any atom is -0.494 e. The molecular weight excluding hydrogens is 334 g/mol. The minimum atomic E-state index is -0.389. The molecule has 0 bridgehead atoms. The fourth-order valence-electron chi connectivity index (χ4n) is 3.28. The summed E-state index contributed by atoms with van der Waals surface area (Å²) in [5, 5.41) is 2.71. The van der Waals surface area contributed by atoms with Crippen LogP contribution >= 0.6 is 0 Å². The molecule has 0 radical (unpaired) electrons. The van der Waals surface area contributed by atoms with Crippen LogP contribution in [0.2, 0.25) is 0 Å². The van der Waals surface area contributed by atoms with Crippen LogP contribution in [0, 0.1) is 0 Å². The van der Waals surface area contributed by atoms with Crippen molar-refractivity contribution in [2.24, 2.45) is 0 Å². The molecule has 0 aromatic heterocycles. The Bertz CT molecular complexity index is 641. The maximum atomic E-state index is 12.4. The zero-order valence-corrected chi connectivity index (χ0v) is 14.9. The van der Waals surface area contributed by atoms with Gasteiger partial charge in [0.2, 0.25) is 17.7 Å². The molecule has 2 aliphatic rings. The lowest BCUT2D eigenvalue weighted by Gasteiger charge is -2.36. The first kappa shape index (κ1) is 18.2. The Balaban J connectivity index is 1.34. The molecule has 1 unspecified atom stereocenters. The van der Waals surface area contributed by atoms with Crippen molar-refractivity contribution in [3.05, 3.63) is 30.3 Å². The molecule has 3 rings (SSSR count). The van der Waals surface area contributed by atoms with Crippen LogP contribution in [-0.4, -0.2) is 66.3 Å². The molecule has 2 aliphatic heterocycles. The van der Waals surface area contributed by atoms with Crippen molar-refractivity contribution in [2.75, 3.05) is 32.8 Å². The Morgan fingerprint density at radius 3 is 2.42 bits per heavy atom. The molecule has 0 saturated carbocycles. The number of hydrogen-bond donors (Lipinski definition) is 1. The Hall–Kier alpha value is -2.57. The third-order valence-corrected chi connectivity index (χ3v) is 4.78. The quantitative estimate of drug-likeness (QED) is 0.762. The zero-order chi connectivity index (χ0) is 18.4. The van der Waals surface area contributed by atoms with Gasteiger partial charge in [-0.05, 0) is 25.0 Å². The summed E-state index contributed by atoms with van der Waals surface area (Å²) in [6.07, 6.45) is 2.10. The molecule has 0 spiro atoms. The van der Waals surface area contributed by atoms with Crippen LogP contribution in [0.1, 0.15) is 25.7 Å². The highest BCUT2D eigenvalue weighted by Crippen LogP contribution is 2.13. The molecule has 1 atom stereocenters. The number of para-hydroxylation sites is 1. The van der Waals surface area contributed by atoms with E-state index < -0.39 is 0 Å². The van der Waals surface area contributed by atoms with Gasteiger partial charge < -0.3 is 19.9 Å².